The first kappa shape index (κ1) is 21.8. The van der Waals surface area contributed by atoms with Crippen LogP contribution in [-0.4, -0.2) is 34.8 Å². The third-order valence-corrected chi connectivity index (χ3v) is 6.61. The summed E-state index contributed by atoms with van der Waals surface area (Å²) in [4.78, 5) is 32.0. The van der Waals surface area contributed by atoms with E-state index in [2.05, 4.69) is 16.4 Å². The number of aryl methyl sites for hydroxylation is 1. The summed E-state index contributed by atoms with van der Waals surface area (Å²) in [6, 6.07) is 22.3. The summed E-state index contributed by atoms with van der Waals surface area (Å²) >= 11 is 0. The van der Waals surface area contributed by atoms with Gasteiger partial charge in [0.25, 0.3) is 5.91 Å². The molecule has 1 aliphatic rings. The number of ether oxygens (including phenoxy) is 1. The summed E-state index contributed by atoms with van der Waals surface area (Å²) < 4.78 is 5.27. The van der Waals surface area contributed by atoms with Crippen molar-refractivity contribution in [1.82, 2.24) is 15.2 Å². The van der Waals surface area contributed by atoms with E-state index < -0.39 is 6.04 Å². The van der Waals surface area contributed by atoms with E-state index in [1.54, 1.807) is 18.9 Å². The van der Waals surface area contributed by atoms with Crippen molar-refractivity contribution in [2.75, 3.05) is 7.11 Å². The molecule has 2 heterocycles. The number of aromatic amines is 1. The first-order valence-electron chi connectivity index (χ1n) is 11.4. The first-order chi connectivity index (χ1) is 16.5. The minimum atomic E-state index is -0.663. The third-order valence-electron chi connectivity index (χ3n) is 6.61. The summed E-state index contributed by atoms with van der Waals surface area (Å²) in [5, 5.41) is 4.05. The predicted octanol–water partition coefficient (Wildman–Crippen LogP) is 4.74. The van der Waals surface area contributed by atoms with E-state index in [1.165, 1.54) is 0 Å². The van der Waals surface area contributed by atoms with Crippen LogP contribution >= 0.6 is 0 Å². The Kier molecular flexibility index (Phi) is 5.57. The van der Waals surface area contributed by atoms with Gasteiger partial charge in [-0.05, 0) is 49.2 Å². The van der Waals surface area contributed by atoms with Crippen LogP contribution in [0.2, 0.25) is 0 Å². The van der Waals surface area contributed by atoms with Gasteiger partial charge in [0.15, 0.2) is 0 Å². The Morgan fingerprint density at radius 1 is 1.09 bits per heavy atom. The van der Waals surface area contributed by atoms with Gasteiger partial charge in [-0.1, -0.05) is 48.5 Å². The lowest BCUT2D eigenvalue weighted by Crippen LogP contribution is -2.46. The maximum Gasteiger partial charge on any atom is 0.255 e. The smallest absolute Gasteiger partial charge is 0.255 e. The number of amides is 2. The van der Waals surface area contributed by atoms with Crippen LogP contribution in [-0.2, 0) is 11.3 Å². The molecule has 0 fully saturated rings. The molecule has 6 heteroatoms. The van der Waals surface area contributed by atoms with Crippen molar-refractivity contribution in [1.29, 1.82) is 0 Å². The average molecular weight is 454 g/mol. The largest absolute Gasteiger partial charge is 0.497 e. The Morgan fingerprint density at radius 2 is 1.85 bits per heavy atom. The summed E-state index contributed by atoms with van der Waals surface area (Å²) in [6.45, 7) is 4.17. The first-order valence-corrected chi connectivity index (χ1v) is 11.4. The number of H-pyrrole nitrogens is 1. The molecule has 0 bridgehead atoms. The summed E-state index contributed by atoms with van der Waals surface area (Å²) in [5.41, 5.74) is 5.53. The number of carbonyl (C=O) groups is 2. The molecule has 0 saturated heterocycles. The normalized spacial score (nSPS) is 15.9. The topological polar surface area (TPSA) is 74.4 Å². The fourth-order valence-electron chi connectivity index (χ4n) is 4.93. The van der Waals surface area contributed by atoms with Gasteiger partial charge in [0, 0.05) is 34.3 Å². The van der Waals surface area contributed by atoms with Crippen molar-refractivity contribution >= 4 is 22.7 Å². The summed E-state index contributed by atoms with van der Waals surface area (Å²) in [5.74, 6) is 0.403. The predicted molar refractivity (Wildman–Crippen MR) is 132 cm³/mol. The maximum absolute atomic E-state index is 13.6. The van der Waals surface area contributed by atoms with Crippen LogP contribution in [0, 0.1) is 6.92 Å². The highest BCUT2D eigenvalue weighted by Gasteiger charge is 2.43. The number of para-hydroxylation sites is 1. The molecule has 0 unspecified atom stereocenters. The van der Waals surface area contributed by atoms with Gasteiger partial charge in [-0.2, -0.15) is 0 Å². The minimum absolute atomic E-state index is 0.130. The second kappa shape index (κ2) is 8.71. The zero-order valence-electron chi connectivity index (χ0n) is 19.5. The highest BCUT2D eigenvalue weighted by molar-refractivity contribution is 6.03. The fourth-order valence-corrected chi connectivity index (χ4v) is 4.93. The number of nitrogens with zero attached hydrogens (tertiary/aromatic N) is 1. The Bertz CT molecular complexity index is 1390. The molecule has 0 spiro atoms. The van der Waals surface area contributed by atoms with Gasteiger partial charge in [-0.25, -0.2) is 0 Å². The third kappa shape index (κ3) is 3.61. The number of methoxy groups -OCH3 is 1. The molecule has 6 nitrogen and oxygen atoms in total. The molecular weight excluding hydrogens is 426 g/mol. The Labute approximate surface area is 198 Å². The van der Waals surface area contributed by atoms with E-state index in [0.29, 0.717) is 12.1 Å². The van der Waals surface area contributed by atoms with Crippen LogP contribution in [0.15, 0.2) is 72.8 Å². The minimum Gasteiger partial charge on any atom is -0.497 e. The molecule has 2 N–H and O–H groups in total. The SMILES string of the molecule is COc1cccc(CNC(=O)[C@H](C)N2C(=O)c3ccccc3[C@@H]2c2c(C)[nH]c3ccccc23)c1. The summed E-state index contributed by atoms with van der Waals surface area (Å²) in [7, 11) is 1.61. The Morgan fingerprint density at radius 3 is 2.68 bits per heavy atom. The number of rotatable bonds is 6. The molecule has 2 amide bonds. The molecule has 0 radical (unpaired) electrons. The lowest BCUT2D eigenvalue weighted by atomic mass is 9.95. The van der Waals surface area contributed by atoms with Gasteiger partial charge in [0.2, 0.25) is 5.91 Å². The van der Waals surface area contributed by atoms with Gasteiger partial charge in [0.1, 0.15) is 11.8 Å². The van der Waals surface area contributed by atoms with E-state index in [0.717, 1.165) is 39.0 Å². The number of fused-ring (bicyclic) bond motifs is 2. The van der Waals surface area contributed by atoms with Crippen molar-refractivity contribution in [3.63, 3.8) is 0 Å². The second-order valence-electron chi connectivity index (χ2n) is 8.66. The van der Waals surface area contributed by atoms with Crippen LogP contribution in [0.4, 0.5) is 0 Å². The van der Waals surface area contributed by atoms with E-state index in [1.807, 2.05) is 73.7 Å². The zero-order chi connectivity index (χ0) is 23.8. The Hall–Kier alpha value is -4.06. The lowest BCUT2D eigenvalue weighted by molar-refractivity contribution is -0.125. The van der Waals surface area contributed by atoms with E-state index in [-0.39, 0.29) is 17.9 Å². The van der Waals surface area contributed by atoms with Crippen LogP contribution in [0.5, 0.6) is 5.75 Å². The summed E-state index contributed by atoms with van der Waals surface area (Å²) in [6.07, 6.45) is 0. The molecule has 0 saturated carbocycles. The number of hydrogen-bond donors (Lipinski definition) is 2. The fraction of sp³-hybridized carbons (Fsp3) is 0.214. The van der Waals surface area contributed by atoms with Crippen LogP contribution in [0.3, 0.4) is 0 Å². The molecule has 2 atom stereocenters. The number of carbonyl (C=O) groups excluding carboxylic acids is 2. The van der Waals surface area contributed by atoms with Crippen molar-refractivity contribution in [3.05, 3.63) is 101 Å². The van der Waals surface area contributed by atoms with Crippen molar-refractivity contribution in [3.8, 4) is 5.75 Å². The van der Waals surface area contributed by atoms with Crippen molar-refractivity contribution in [2.24, 2.45) is 0 Å². The molecule has 1 aliphatic heterocycles. The number of benzene rings is 3. The van der Waals surface area contributed by atoms with Crippen LogP contribution < -0.4 is 10.1 Å². The average Bonchev–Trinajstić information content (AvgIpc) is 3.35. The Balaban J connectivity index is 1.49. The molecule has 3 aromatic carbocycles. The monoisotopic (exact) mass is 453 g/mol. The van der Waals surface area contributed by atoms with Gasteiger partial charge < -0.3 is 19.9 Å². The molecule has 1 aromatic heterocycles. The van der Waals surface area contributed by atoms with Crippen molar-refractivity contribution < 1.29 is 14.3 Å². The van der Waals surface area contributed by atoms with E-state index in [9.17, 15) is 9.59 Å². The molecular formula is C28H27N3O3. The second-order valence-corrected chi connectivity index (χ2v) is 8.66. The van der Waals surface area contributed by atoms with Crippen LogP contribution in [0.25, 0.3) is 10.9 Å². The maximum atomic E-state index is 13.6. The molecule has 34 heavy (non-hydrogen) atoms. The van der Waals surface area contributed by atoms with Gasteiger partial charge in [-0.3, -0.25) is 9.59 Å². The van der Waals surface area contributed by atoms with Gasteiger partial charge >= 0.3 is 0 Å². The van der Waals surface area contributed by atoms with E-state index >= 15 is 0 Å². The quantitative estimate of drug-likeness (QED) is 0.443. The highest BCUT2D eigenvalue weighted by atomic mass is 16.5. The number of nitrogens with one attached hydrogen (secondary N) is 2. The number of aromatic nitrogens is 1. The van der Waals surface area contributed by atoms with Gasteiger partial charge in [0.05, 0.1) is 13.2 Å². The molecule has 172 valence electrons. The van der Waals surface area contributed by atoms with Crippen molar-refractivity contribution in [2.45, 2.75) is 32.5 Å². The highest BCUT2D eigenvalue weighted by Crippen LogP contribution is 2.43. The standard InChI is InChI=1S/C28H27N3O3/c1-17-25(23-13-6-7-14-24(23)30-17)26-21-11-4-5-12-22(21)28(33)31(26)18(2)27(32)29-16-19-9-8-10-20(15-19)34-3/h4-15,18,26,30H,16H2,1-3H3,(H,29,32)/t18-,26+/m0/s1. The zero-order valence-corrected chi connectivity index (χ0v) is 19.5. The number of hydrogen-bond acceptors (Lipinski definition) is 3. The van der Waals surface area contributed by atoms with Gasteiger partial charge in [-0.15, -0.1) is 0 Å². The molecule has 5 rings (SSSR count). The lowest BCUT2D eigenvalue weighted by Gasteiger charge is -2.31. The van der Waals surface area contributed by atoms with Crippen LogP contribution in [0.1, 0.15) is 45.7 Å². The molecule has 0 aliphatic carbocycles. The van der Waals surface area contributed by atoms with E-state index in [4.69, 9.17) is 4.74 Å². The molecule has 4 aromatic rings.